The van der Waals surface area contributed by atoms with Gasteiger partial charge in [0.15, 0.2) is 0 Å². The van der Waals surface area contributed by atoms with Crippen LogP contribution in [-0.4, -0.2) is 11.9 Å². The second-order valence-corrected chi connectivity index (χ2v) is 9.05. The van der Waals surface area contributed by atoms with E-state index in [9.17, 15) is 9.18 Å². The highest BCUT2D eigenvalue weighted by Gasteiger charge is 2.29. The normalized spacial score (nSPS) is 20.1. The number of carbonyl (C=O) groups is 1. The Morgan fingerprint density at radius 3 is 2.43 bits per heavy atom. The molecule has 0 radical (unpaired) electrons. The summed E-state index contributed by atoms with van der Waals surface area (Å²) in [7, 11) is 0. The first-order chi connectivity index (χ1) is 13.2. The Hall–Kier alpha value is -2.20. The molecule has 0 aliphatic heterocycles. The lowest BCUT2D eigenvalue weighted by molar-refractivity contribution is 0.100. The molecular weight excluding hydrogens is 351 g/mol. The zero-order valence-corrected chi connectivity index (χ0v) is 17.1. The molecule has 1 fully saturated rings. The Morgan fingerprint density at radius 1 is 1.11 bits per heavy atom. The van der Waals surface area contributed by atoms with Gasteiger partial charge >= 0.3 is 0 Å². The van der Waals surface area contributed by atoms with Crippen LogP contribution in [0, 0.1) is 17.2 Å². The third-order valence-electron chi connectivity index (χ3n) is 6.04. The highest BCUT2D eigenvalue weighted by molar-refractivity contribution is 5.94. The van der Waals surface area contributed by atoms with Crippen LogP contribution >= 0.6 is 0 Å². The number of benzene rings is 2. The summed E-state index contributed by atoms with van der Waals surface area (Å²) in [6, 6.07) is 12.6. The van der Waals surface area contributed by atoms with Crippen LogP contribution in [0.25, 0.3) is 11.1 Å². The molecule has 1 saturated carbocycles. The Balaban J connectivity index is 1.61. The quantitative estimate of drug-likeness (QED) is 0.738. The molecule has 1 amide bonds. The first kappa shape index (κ1) is 20.5. The molecule has 0 bridgehead atoms. The van der Waals surface area contributed by atoms with Gasteiger partial charge in [-0.25, -0.2) is 4.39 Å². The minimum Gasteiger partial charge on any atom is -0.366 e. The average molecular weight is 383 g/mol. The van der Waals surface area contributed by atoms with Gasteiger partial charge in [-0.3, -0.25) is 4.79 Å². The summed E-state index contributed by atoms with van der Waals surface area (Å²) < 4.78 is 14.7. The molecule has 2 aromatic rings. The molecule has 4 heteroatoms. The van der Waals surface area contributed by atoms with E-state index in [1.165, 1.54) is 25.7 Å². The van der Waals surface area contributed by atoms with Gasteiger partial charge < -0.3 is 11.1 Å². The number of amides is 1. The van der Waals surface area contributed by atoms with E-state index in [0.29, 0.717) is 34.7 Å². The molecule has 28 heavy (non-hydrogen) atoms. The summed E-state index contributed by atoms with van der Waals surface area (Å²) in [5, 5.41) is 3.59. The number of hydrogen-bond acceptors (Lipinski definition) is 2. The number of hydrogen-bond donors (Lipinski definition) is 2. The molecule has 0 atom stereocenters. The standard InChI is InChI=1S/C24H31FN2O/c1-24(2,3)19-8-10-20(11-9-19)27-15-16-7-12-21(22(25)13-16)17-5-4-6-18(14-17)23(26)28/h4-7,12-14,19-20,27H,8-11,15H2,1-3H3,(H2,26,28)/t19-,20-. The van der Waals surface area contributed by atoms with Gasteiger partial charge in [-0.1, -0.05) is 45.0 Å². The van der Waals surface area contributed by atoms with Gasteiger partial charge in [-0.2, -0.15) is 0 Å². The maximum atomic E-state index is 14.7. The molecule has 1 aliphatic carbocycles. The zero-order chi connectivity index (χ0) is 20.3. The van der Waals surface area contributed by atoms with Crippen LogP contribution in [0.3, 0.4) is 0 Å². The maximum Gasteiger partial charge on any atom is 0.248 e. The topological polar surface area (TPSA) is 55.1 Å². The van der Waals surface area contributed by atoms with Crippen LogP contribution in [0.4, 0.5) is 4.39 Å². The molecule has 0 heterocycles. The number of halogens is 1. The summed E-state index contributed by atoms with van der Waals surface area (Å²) in [6.07, 6.45) is 4.88. The zero-order valence-electron chi connectivity index (χ0n) is 17.1. The largest absolute Gasteiger partial charge is 0.366 e. The molecule has 0 aromatic heterocycles. The predicted octanol–water partition coefficient (Wildman–Crippen LogP) is 5.29. The number of primary amides is 1. The first-order valence-electron chi connectivity index (χ1n) is 10.2. The van der Waals surface area contributed by atoms with Crippen molar-refractivity contribution < 1.29 is 9.18 Å². The Labute approximate surface area is 167 Å². The Kier molecular flexibility index (Phi) is 6.19. The minimum atomic E-state index is -0.510. The third-order valence-corrected chi connectivity index (χ3v) is 6.04. The van der Waals surface area contributed by atoms with Crippen LogP contribution in [0.15, 0.2) is 42.5 Å². The maximum absolute atomic E-state index is 14.7. The minimum absolute atomic E-state index is 0.280. The number of nitrogens with one attached hydrogen (secondary N) is 1. The van der Waals surface area contributed by atoms with Gasteiger partial charge in [0.2, 0.25) is 5.91 Å². The van der Waals surface area contributed by atoms with Crippen molar-refractivity contribution in [2.75, 3.05) is 0 Å². The van der Waals surface area contributed by atoms with E-state index < -0.39 is 5.91 Å². The van der Waals surface area contributed by atoms with Gasteiger partial charge in [0.1, 0.15) is 5.82 Å². The van der Waals surface area contributed by atoms with Crippen molar-refractivity contribution in [2.24, 2.45) is 17.1 Å². The summed E-state index contributed by atoms with van der Waals surface area (Å²) in [4.78, 5) is 11.4. The fourth-order valence-electron chi connectivity index (χ4n) is 4.17. The lowest BCUT2D eigenvalue weighted by atomic mass is 9.71. The molecule has 0 saturated heterocycles. The highest BCUT2D eigenvalue weighted by atomic mass is 19.1. The monoisotopic (exact) mass is 382 g/mol. The van der Waals surface area contributed by atoms with E-state index in [2.05, 4.69) is 26.1 Å². The summed E-state index contributed by atoms with van der Waals surface area (Å²) >= 11 is 0. The third kappa shape index (κ3) is 4.99. The van der Waals surface area contributed by atoms with E-state index in [0.717, 1.165) is 11.5 Å². The highest BCUT2D eigenvalue weighted by Crippen LogP contribution is 2.37. The second kappa shape index (κ2) is 8.44. The van der Waals surface area contributed by atoms with Crippen LogP contribution < -0.4 is 11.1 Å². The number of carbonyl (C=O) groups excluding carboxylic acids is 1. The van der Waals surface area contributed by atoms with Crippen LogP contribution in [0.5, 0.6) is 0 Å². The first-order valence-corrected chi connectivity index (χ1v) is 10.2. The molecule has 0 spiro atoms. The van der Waals surface area contributed by atoms with Crippen LogP contribution in [0.1, 0.15) is 62.4 Å². The van der Waals surface area contributed by atoms with Crippen molar-refractivity contribution in [3.8, 4) is 11.1 Å². The van der Waals surface area contributed by atoms with Crippen molar-refractivity contribution in [2.45, 2.75) is 59.0 Å². The van der Waals surface area contributed by atoms with Crippen LogP contribution in [0.2, 0.25) is 0 Å². The smallest absolute Gasteiger partial charge is 0.248 e. The fraction of sp³-hybridized carbons (Fsp3) is 0.458. The number of rotatable bonds is 5. The molecular formula is C24H31FN2O. The lowest BCUT2D eigenvalue weighted by Crippen LogP contribution is -2.35. The van der Waals surface area contributed by atoms with Gasteiger partial charge in [-0.05, 0) is 66.3 Å². The molecule has 3 N–H and O–H groups in total. The number of nitrogens with two attached hydrogens (primary N) is 1. The van der Waals surface area contributed by atoms with Crippen molar-refractivity contribution >= 4 is 5.91 Å². The van der Waals surface area contributed by atoms with Gasteiger partial charge in [0.25, 0.3) is 0 Å². The molecule has 150 valence electrons. The van der Waals surface area contributed by atoms with Crippen molar-refractivity contribution in [3.63, 3.8) is 0 Å². The molecule has 3 rings (SSSR count). The van der Waals surface area contributed by atoms with Crippen molar-refractivity contribution in [3.05, 3.63) is 59.4 Å². The molecule has 1 aliphatic rings. The van der Waals surface area contributed by atoms with Crippen molar-refractivity contribution in [1.82, 2.24) is 5.32 Å². The Bertz CT molecular complexity index is 833. The van der Waals surface area contributed by atoms with E-state index in [1.807, 2.05) is 6.07 Å². The van der Waals surface area contributed by atoms with E-state index in [4.69, 9.17) is 5.73 Å². The van der Waals surface area contributed by atoms with Crippen molar-refractivity contribution in [1.29, 1.82) is 0 Å². The fourth-order valence-corrected chi connectivity index (χ4v) is 4.17. The molecule has 3 nitrogen and oxygen atoms in total. The molecule has 0 unspecified atom stereocenters. The Morgan fingerprint density at radius 2 is 1.82 bits per heavy atom. The van der Waals surface area contributed by atoms with E-state index in [1.54, 1.807) is 36.4 Å². The predicted molar refractivity (Wildman–Crippen MR) is 112 cm³/mol. The van der Waals surface area contributed by atoms with Crippen LogP contribution in [-0.2, 0) is 6.54 Å². The van der Waals surface area contributed by atoms with Gasteiger partial charge in [0.05, 0.1) is 0 Å². The van der Waals surface area contributed by atoms with Gasteiger partial charge in [0, 0.05) is 23.7 Å². The summed E-state index contributed by atoms with van der Waals surface area (Å²) in [5.74, 6) is 0.0000600. The molecule has 2 aromatic carbocycles. The SMILES string of the molecule is CC(C)(C)[C@H]1CC[C@H](NCc2ccc(-c3cccc(C(N)=O)c3)c(F)c2)CC1. The van der Waals surface area contributed by atoms with E-state index >= 15 is 0 Å². The summed E-state index contributed by atoms with van der Waals surface area (Å²) in [6.45, 7) is 7.65. The van der Waals surface area contributed by atoms with E-state index in [-0.39, 0.29) is 5.82 Å². The lowest BCUT2D eigenvalue weighted by Gasteiger charge is -2.37. The summed E-state index contributed by atoms with van der Waals surface area (Å²) in [5.41, 5.74) is 8.17. The second-order valence-electron chi connectivity index (χ2n) is 9.05. The average Bonchev–Trinajstić information content (AvgIpc) is 2.66. The van der Waals surface area contributed by atoms with Gasteiger partial charge in [-0.15, -0.1) is 0 Å².